The van der Waals surface area contributed by atoms with Gasteiger partial charge in [0.05, 0.1) is 7.11 Å². The number of ether oxygens (including phenoxy) is 1. The van der Waals surface area contributed by atoms with Crippen molar-refractivity contribution in [3.8, 4) is 17.0 Å². The summed E-state index contributed by atoms with van der Waals surface area (Å²) in [6, 6.07) is 12.0. The Bertz CT molecular complexity index is 626. The number of carbonyl (C=O) groups is 1. The molecule has 1 aromatic heterocycles. The molecule has 0 spiro atoms. The average molecular weight is 300 g/mol. The molecule has 1 aromatic carbocycles. The van der Waals surface area contributed by atoms with Crippen LogP contribution in [0.2, 0.25) is 0 Å². The van der Waals surface area contributed by atoms with Gasteiger partial charge in [-0.05, 0) is 60.7 Å². The Hall–Kier alpha value is -2.23. The summed E-state index contributed by atoms with van der Waals surface area (Å²) in [6.07, 6.45) is 0.537. The Labute approximate surface area is 131 Å². The molecule has 0 fully saturated rings. The normalized spacial score (nSPS) is 10.9. The molecule has 0 amide bonds. The SMILES string of the molecule is COc1ccc(-c2ccc(CCC(=O)[O-])n2CC(C)C)cc1. The number of rotatable bonds is 7. The standard InChI is InChI=1S/C18H23NO3/c1-13(2)12-19-15(7-11-18(20)21)6-10-17(19)14-4-8-16(22-3)9-5-14/h4-6,8-10,13H,7,11-12H2,1-3H3,(H,20,21)/p-1. The van der Waals surface area contributed by atoms with Crippen LogP contribution in [-0.4, -0.2) is 17.6 Å². The summed E-state index contributed by atoms with van der Waals surface area (Å²) in [4.78, 5) is 10.7. The summed E-state index contributed by atoms with van der Waals surface area (Å²) < 4.78 is 7.39. The number of methoxy groups -OCH3 is 1. The van der Waals surface area contributed by atoms with Crippen LogP contribution in [0.5, 0.6) is 5.75 Å². The van der Waals surface area contributed by atoms with Crippen LogP contribution in [-0.2, 0) is 17.8 Å². The predicted octanol–water partition coefficient (Wildman–Crippen LogP) is 2.50. The lowest BCUT2D eigenvalue weighted by atomic mass is 10.1. The summed E-state index contributed by atoms with van der Waals surface area (Å²) in [5.41, 5.74) is 3.23. The van der Waals surface area contributed by atoms with E-state index < -0.39 is 5.97 Å². The van der Waals surface area contributed by atoms with Crippen LogP contribution >= 0.6 is 0 Å². The van der Waals surface area contributed by atoms with Crippen LogP contribution in [0, 0.1) is 5.92 Å². The van der Waals surface area contributed by atoms with Gasteiger partial charge in [0.2, 0.25) is 0 Å². The second-order valence-corrected chi connectivity index (χ2v) is 5.81. The summed E-state index contributed by atoms with van der Waals surface area (Å²) >= 11 is 0. The van der Waals surface area contributed by atoms with Crippen LogP contribution in [0.3, 0.4) is 0 Å². The van der Waals surface area contributed by atoms with E-state index in [1.165, 1.54) is 0 Å². The van der Waals surface area contributed by atoms with Crippen molar-refractivity contribution in [2.45, 2.75) is 33.2 Å². The van der Waals surface area contributed by atoms with Gasteiger partial charge in [-0.2, -0.15) is 0 Å². The van der Waals surface area contributed by atoms with Crippen molar-refractivity contribution >= 4 is 5.97 Å². The molecule has 4 heteroatoms. The molecule has 4 nitrogen and oxygen atoms in total. The zero-order chi connectivity index (χ0) is 16.1. The maximum absolute atomic E-state index is 10.7. The van der Waals surface area contributed by atoms with Crippen LogP contribution in [0.15, 0.2) is 36.4 Å². The lowest BCUT2D eigenvalue weighted by molar-refractivity contribution is -0.305. The quantitative estimate of drug-likeness (QED) is 0.789. The summed E-state index contributed by atoms with van der Waals surface area (Å²) in [6.45, 7) is 5.16. The second-order valence-electron chi connectivity index (χ2n) is 5.81. The van der Waals surface area contributed by atoms with Gasteiger partial charge in [-0.25, -0.2) is 0 Å². The van der Waals surface area contributed by atoms with Gasteiger partial charge < -0.3 is 19.2 Å². The number of carbonyl (C=O) groups excluding carboxylic acids is 1. The molecule has 0 saturated carbocycles. The van der Waals surface area contributed by atoms with Gasteiger partial charge >= 0.3 is 0 Å². The number of hydrogen-bond acceptors (Lipinski definition) is 3. The molecule has 0 radical (unpaired) electrons. The average Bonchev–Trinajstić information content (AvgIpc) is 2.87. The first-order valence-electron chi connectivity index (χ1n) is 7.54. The minimum Gasteiger partial charge on any atom is -0.550 e. The Kier molecular flexibility index (Phi) is 5.26. The highest BCUT2D eigenvalue weighted by molar-refractivity contribution is 5.65. The van der Waals surface area contributed by atoms with Crippen LogP contribution in [0.4, 0.5) is 0 Å². The molecular weight excluding hydrogens is 278 g/mol. The molecule has 0 unspecified atom stereocenters. The van der Waals surface area contributed by atoms with E-state index in [1.807, 2.05) is 30.3 Å². The zero-order valence-corrected chi connectivity index (χ0v) is 13.3. The maximum atomic E-state index is 10.7. The van der Waals surface area contributed by atoms with Crippen molar-refractivity contribution in [2.24, 2.45) is 5.92 Å². The molecule has 0 aliphatic rings. The van der Waals surface area contributed by atoms with Gasteiger partial charge in [-0.3, -0.25) is 0 Å². The van der Waals surface area contributed by atoms with Crippen molar-refractivity contribution in [3.05, 3.63) is 42.1 Å². The summed E-state index contributed by atoms with van der Waals surface area (Å²) in [5, 5.41) is 10.7. The summed E-state index contributed by atoms with van der Waals surface area (Å²) in [7, 11) is 1.65. The van der Waals surface area contributed by atoms with Crippen molar-refractivity contribution in [1.82, 2.24) is 4.57 Å². The number of benzene rings is 1. The van der Waals surface area contributed by atoms with Gasteiger partial charge in [0.25, 0.3) is 0 Å². The molecule has 0 N–H and O–H groups in total. The first-order chi connectivity index (χ1) is 10.5. The number of aromatic nitrogens is 1. The molecule has 0 atom stereocenters. The van der Waals surface area contributed by atoms with Gasteiger partial charge in [0.15, 0.2) is 0 Å². The number of nitrogens with zero attached hydrogens (tertiary/aromatic N) is 1. The monoisotopic (exact) mass is 300 g/mol. The van der Waals surface area contributed by atoms with Gasteiger partial charge in [-0.1, -0.05) is 13.8 Å². The van der Waals surface area contributed by atoms with Crippen molar-refractivity contribution in [3.63, 3.8) is 0 Å². The van der Waals surface area contributed by atoms with E-state index in [4.69, 9.17) is 4.74 Å². The molecule has 0 bridgehead atoms. The third-order valence-corrected chi connectivity index (χ3v) is 3.59. The van der Waals surface area contributed by atoms with Crippen LogP contribution in [0.1, 0.15) is 26.0 Å². The molecule has 1 heterocycles. The second kappa shape index (κ2) is 7.16. The number of carboxylic acids is 1. The molecule has 2 rings (SSSR count). The lowest BCUT2D eigenvalue weighted by Gasteiger charge is -2.16. The Morgan fingerprint density at radius 3 is 2.41 bits per heavy atom. The lowest BCUT2D eigenvalue weighted by Crippen LogP contribution is -2.23. The largest absolute Gasteiger partial charge is 0.550 e. The van der Waals surface area contributed by atoms with E-state index in [1.54, 1.807) is 7.11 Å². The summed E-state index contributed by atoms with van der Waals surface area (Å²) in [5.74, 6) is 0.289. The fraction of sp³-hybridized carbons (Fsp3) is 0.389. The molecule has 0 saturated heterocycles. The van der Waals surface area contributed by atoms with E-state index in [2.05, 4.69) is 24.5 Å². The fourth-order valence-corrected chi connectivity index (χ4v) is 2.55. The first-order valence-corrected chi connectivity index (χ1v) is 7.54. The van der Waals surface area contributed by atoms with Gasteiger partial charge in [0, 0.05) is 23.9 Å². The van der Waals surface area contributed by atoms with Crippen LogP contribution < -0.4 is 9.84 Å². The van der Waals surface area contributed by atoms with Crippen molar-refractivity contribution in [2.75, 3.05) is 7.11 Å². The Morgan fingerprint density at radius 1 is 1.18 bits per heavy atom. The molecular formula is C18H22NO3-. The third kappa shape index (κ3) is 3.91. The fourth-order valence-electron chi connectivity index (χ4n) is 2.55. The predicted molar refractivity (Wildman–Crippen MR) is 84.6 cm³/mol. The topological polar surface area (TPSA) is 54.3 Å². The number of aliphatic carboxylic acids is 1. The smallest absolute Gasteiger partial charge is 0.118 e. The Balaban J connectivity index is 2.34. The highest BCUT2D eigenvalue weighted by Crippen LogP contribution is 2.26. The highest BCUT2D eigenvalue weighted by Gasteiger charge is 2.11. The van der Waals surface area contributed by atoms with E-state index in [0.717, 1.165) is 29.2 Å². The van der Waals surface area contributed by atoms with Crippen molar-refractivity contribution in [1.29, 1.82) is 0 Å². The minimum absolute atomic E-state index is 0.0458. The Morgan fingerprint density at radius 2 is 1.86 bits per heavy atom. The van der Waals surface area contributed by atoms with E-state index in [0.29, 0.717) is 12.3 Å². The third-order valence-electron chi connectivity index (χ3n) is 3.59. The number of aryl methyl sites for hydroxylation is 1. The zero-order valence-electron chi connectivity index (χ0n) is 13.3. The van der Waals surface area contributed by atoms with Gasteiger partial charge in [-0.15, -0.1) is 0 Å². The molecule has 0 aliphatic carbocycles. The molecule has 2 aromatic rings. The van der Waals surface area contributed by atoms with Gasteiger partial charge in [0.1, 0.15) is 5.75 Å². The number of carboxylic acid groups (broad SMARTS) is 1. The number of hydrogen-bond donors (Lipinski definition) is 0. The van der Waals surface area contributed by atoms with E-state index in [9.17, 15) is 9.90 Å². The highest BCUT2D eigenvalue weighted by atomic mass is 16.5. The van der Waals surface area contributed by atoms with E-state index >= 15 is 0 Å². The molecule has 0 aliphatic heterocycles. The van der Waals surface area contributed by atoms with E-state index in [-0.39, 0.29) is 6.42 Å². The van der Waals surface area contributed by atoms with Crippen LogP contribution in [0.25, 0.3) is 11.3 Å². The maximum Gasteiger partial charge on any atom is 0.118 e. The van der Waals surface area contributed by atoms with Crippen molar-refractivity contribution < 1.29 is 14.6 Å². The molecule has 22 heavy (non-hydrogen) atoms. The first kappa shape index (κ1) is 16.1. The minimum atomic E-state index is -1.01. The molecule has 118 valence electrons.